The van der Waals surface area contributed by atoms with E-state index in [1.807, 2.05) is 79.7 Å². The Labute approximate surface area is 201 Å². The van der Waals surface area contributed by atoms with Crippen molar-refractivity contribution in [2.24, 2.45) is 0 Å². The number of hydrogen-bond donors (Lipinski definition) is 0. The molecule has 3 aromatic rings. The molecule has 5 rings (SSSR count). The summed E-state index contributed by atoms with van der Waals surface area (Å²) in [6.07, 6.45) is 1.90. The van der Waals surface area contributed by atoms with Gasteiger partial charge in [-0.2, -0.15) is 0 Å². The fraction of sp³-hybridized carbons (Fsp3) is 0.259. The van der Waals surface area contributed by atoms with Crippen molar-refractivity contribution in [3.8, 4) is 5.75 Å². The maximum Gasteiger partial charge on any atom is 0.268 e. The first-order valence-corrected chi connectivity index (χ1v) is 12.9. The zero-order valence-electron chi connectivity index (χ0n) is 19.1. The Kier molecular flexibility index (Phi) is 6.41. The lowest BCUT2D eigenvalue weighted by molar-refractivity contribution is 0.0241. The van der Waals surface area contributed by atoms with Crippen molar-refractivity contribution in [3.63, 3.8) is 0 Å². The fourth-order valence-corrected chi connectivity index (χ4v) is 6.12. The number of benzene rings is 3. The van der Waals surface area contributed by atoms with Gasteiger partial charge in [-0.1, -0.05) is 54.1 Å². The standard InChI is InChI=1S/C27H28N2O4S/c1-21-11-13-23(14-12-21)34(30,31)29-25-10-6-5-9-24(25)27(28-16-19-32-20-17-28)26(29)15-18-33-22-7-3-2-4-8-22/h2-15,27H,16-20H2,1H3. The molecule has 1 atom stereocenters. The van der Waals surface area contributed by atoms with Crippen LogP contribution >= 0.6 is 0 Å². The number of nitrogens with zero attached hydrogens (tertiary/aromatic N) is 2. The largest absolute Gasteiger partial charge is 0.489 e. The fourth-order valence-electron chi connectivity index (χ4n) is 4.55. The lowest BCUT2D eigenvalue weighted by Gasteiger charge is -2.34. The molecule has 0 N–H and O–H groups in total. The van der Waals surface area contributed by atoms with Crippen molar-refractivity contribution < 1.29 is 17.9 Å². The minimum Gasteiger partial charge on any atom is -0.489 e. The topological polar surface area (TPSA) is 59.1 Å². The van der Waals surface area contributed by atoms with Crippen LogP contribution in [-0.2, 0) is 14.8 Å². The molecule has 6 nitrogen and oxygen atoms in total. The van der Waals surface area contributed by atoms with E-state index in [1.165, 1.54) is 4.31 Å². The quantitative estimate of drug-likeness (QED) is 0.523. The Morgan fingerprint density at radius 2 is 1.62 bits per heavy atom. The van der Waals surface area contributed by atoms with Crippen LogP contribution in [0.3, 0.4) is 0 Å². The second kappa shape index (κ2) is 9.62. The van der Waals surface area contributed by atoms with E-state index in [-0.39, 0.29) is 17.5 Å². The first-order chi connectivity index (χ1) is 16.6. The van der Waals surface area contributed by atoms with Crippen LogP contribution in [0.1, 0.15) is 17.2 Å². The minimum absolute atomic E-state index is 0.195. The maximum absolute atomic E-state index is 14.0. The third kappa shape index (κ3) is 4.34. The van der Waals surface area contributed by atoms with Gasteiger partial charge in [-0.15, -0.1) is 0 Å². The average Bonchev–Trinajstić information content (AvgIpc) is 3.20. The van der Waals surface area contributed by atoms with Crippen molar-refractivity contribution >= 4 is 15.7 Å². The van der Waals surface area contributed by atoms with E-state index in [1.54, 1.807) is 12.1 Å². The summed E-state index contributed by atoms with van der Waals surface area (Å²) >= 11 is 0. The van der Waals surface area contributed by atoms with Crippen molar-refractivity contribution in [3.05, 3.63) is 102 Å². The van der Waals surface area contributed by atoms with Crippen LogP contribution in [0.25, 0.3) is 0 Å². The van der Waals surface area contributed by atoms with Gasteiger partial charge in [0.15, 0.2) is 0 Å². The molecule has 0 bridgehead atoms. The van der Waals surface area contributed by atoms with Crippen molar-refractivity contribution in [2.45, 2.75) is 17.9 Å². The Morgan fingerprint density at radius 1 is 0.941 bits per heavy atom. The Bertz CT molecular complexity index is 1270. The van der Waals surface area contributed by atoms with Crippen LogP contribution in [0.15, 0.2) is 95.5 Å². The lowest BCUT2D eigenvalue weighted by atomic mass is 10.0. The summed E-state index contributed by atoms with van der Waals surface area (Å²) in [5.74, 6) is 0.741. The van der Waals surface area contributed by atoms with Gasteiger partial charge in [-0.3, -0.25) is 4.90 Å². The van der Waals surface area contributed by atoms with Gasteiger partial charge >= 0.3 is 0 Å². The van der Waals surface area contributed by atoms with Crippen LogP contribution in [0.4, 0.5) is 5.69 Å². The van der Waals surface area contributed by atoms with Crippen LogP contribution in [0.5, 0.6) is 5.75 Å². The summed E-state index contributed by atoms with van der Waals surface area (Å²) in [5.41, 5.74) is 3.37. The predicted molar refractivity (Wildman–Crippen MR) is 132 cm³/mol. The highest BCUT2D eigenvalue weighted by Crippen LogP contribution is 2.48. The number of fused-ring (bicyclic) bond motifs is 1. The summed E-state index contributed by atoms with van der Waals surface area (Å²) in [6.45, 7) is 4.91. The van der Waals surface area contributed by atoms with Gasteiger partial charge in [-0.25, -0.2) is 12.7 Å². The third-order valence-corrected chi connectivity index (χ3v) is 7.98. The maximum atomic E-state index is 14.0. The molecular formula is C27H28N2O4S. The minimum atomic E-state index is -3.83. The lowest BCUT2D eigenvalue weighted by Crippen LogP contribution is -2.41. The van der Waals surface area contributed by atoms with Gasteiger partial charge in [0.25, 0.3) is 10.0 Å². The zero-order valence-corrected chi connectivity index (χ0v) is 19.9. The number of morpholine rings is 1. The number of sulfonamides is 1. The second-order valence-corrected chi connectivity index (χ2v) is 10.2. The van der Waals surface area contributed by atoms with Crippen LogP contribution in [-0.4, -0.2) is 46.2 Å². The molecule has 7 heteroatoms. The summed E-state index contributed by atoms with van der Waals surface area (Å²) in [6, 6.07) is 24.1. The van der Waals surface area contributed by atoms with Crippen LogP contribution in [0.2, 0.25) is 0 Å². The summed E-state index contributed by atoms with van der Waals surface area (Å²) in [7, 11) is -3.83. The van der Waals surface area contributed by atoms with Crippen LogP contribution in [0, 0.1) is 6.92 Å². The Balaban J connectivity index is 1.59. The monoisotopic (exact) mass is 476 g/mol. The SMILES string of the molecule is Cc1ccc(S(=O)(=O)N2C(=CCOc3ccccc3)C(N3CCOCC3)c3ccccc32)cc1. The second-order valence-electron chi connectivity index (χ2n) is 8.45. The van der Waals surface area contributed by atoms with Crippen molar-refractivity contribution in [2.75, 3.05) is 37.2 Å². The van der Waals surface area contributed by atoms with E-state index in [0.29, 0.717) is 24.6 Å². The number of ether oxygens (including phenoxy) is 2. The highest BCUT2D eigenvalue weighted by atomic mass is 32.2. The van der Waals surface area contributed by atoms with Gasteiger partial charge in [0, 0.05) is 18.7 Å². The first-order valence-electron chi connectivity index (χ1n) is 11.5. The van der Waals surface area contributed by atoms with Crippen molar-refractivity contribution in [1.29, 1.82) is 0 Å². The van der Waals surface area contributed by atoms with Gasteiger partial charge in [-0.05, 0) is 43.3 Å². The molecule has 1 unspecified atom stereocenters. The average molecular weight is 477 g/mol. The first kappa shape index (κ1) is 22.7. The molecule has 0 spiro atoms. The van der Waals surface area contributed by atoms with E-state index in [9.17, 15) is 8.42 Å². The summed E-state index contributed by atoms with van der Waals surface area (Å²) in [5, 5.41) is 0. The molecule has 2 heterocycles. The molecule has 1 fully saturated rings. The number of aryl methyl sites for hydroxylation is 1. The van der Waals surface area contributed by atoms with Gasteiger partial charge in [0.2, 0.25) is 0 Å². The number of hydrogen-bond acceptors (Lipinski definition) is 5. The smallest absolute Gasteiger partial charge is 0.268 e. The molecule has 0 saturated carbocycles. The van der Waals surface area contributed by atoms with Crippen LogP contribution < -0.4 is 9.04 Å². The summed E-state index contributed by atoms with van der Waals surface area (Å²) < 4.78 is 41.0. The number of para-hydroxylation sites is 2. The van der Waals surface area contributed by atoms with E-state index in [2.05, 4.69) is 4.90 Å². The zero-order chi connectivity index (χ0) is 23.5. The van der Waals surface area contributed by atoms with Gasteiger partial charge in [0.1, 0.15) is 12.4 Å². The van der Waals surface area contributed by atoms with Gasteiger partial charge < -0.3 is 9.47 Å². The molecule has 3 aromatic carbocycles. The predicted octanol–water partition coefficient (Wildman–Crippen LogP) is 4.54. The molecule has 2 aliphatic rings. The van der Waals surface area contributed by atoms with E-state index in [0.717, 1.165) is 30.0 Å². The number of anilines is 1. The summed E-state index contributed by atoms with van der Waals surface area (Å²) in [4.78, 5) is 2.56. The molecule has 176 valence electrons. The normalized spacial score (nSPS) is 19.9. The van der Waals surface area contributed by atoms with Crippen molar-refractivity contribution in [1.82, 2.24) is 4.90 Å². The van der Waals surface area contributed by atoms with E-state index < -0.39 is 10.0 Å². The highest BCUT2D eigenvalue weighted by Gasteiger charge is 2.43. The number of rotatable bonds is 6. The third-order valence-electron chi connectivity index (χ3n) is 6.22. The van der Waals surface area contributed by atoms with E-state index in [4.69, 9.17) is 9.47 Å². The molecule has 0 amide bonds. The molecule has 0 radical (unpaired) electrons. The molecule has 0 aromatic heterocycles. The molecule has 0 aliphatic carbocycles. The van der Waals surface area contributed by atoms with Gasteiger partial charge in [0.05, 0.1) is 35.5 Å². The Morgan fingerprint density at radius 3 is 2.35 bits per heavy atom. The molecule has 2 aliphatic heterocycles. The molecule has 34 heavy (non-hydrogen) atoms. The Hall–Kier alpha value is -3.13. The highest BCUT2D eigenvalue weighted by molar-refractivity contribution is 7.93. The molecule has 1 saturated heterocycles. The molecular weight excluding hydrogens is 448 g/mol. The van der Waals surface area contributed by atoms with E-state index >= 15 is 0 Å².